The molecule has 5 aromatic heterocycles. The van der Waals surface area contributed by atoms with E-state index in [2.05, 4.69) is 54.1 Å². The largest absolute Gasteiger partial charge is 0.283 e. The van der Waals surface area contributed by atoms with Crippen molar-refractivity contribution >= 4 is 27.0 Å². The third-order valence-corrected chi connectivity index (χ3v) is 5.49. The van der Waals surface area contributed by atoms with E-state index in [4.69, 9.17) is 4.98 Å². The zero-order valence-corrected chi connectivity index (χ0v) is 17.5. The highest BCUT2D eigenvalue weighted by Crippen LogP contribution is 2.30. The van der Waals surface area contributed by atoms with E-state index in [1.165, 1.54) is 0 Å². The summed E-state index contributed by atoms with van der Waals surface area (Å²) >= 11 is 3.50. The van der Waals surface area contributed by atoms with Gasteiger partial charge in [0.2, 0.25) is 0 Å². The van der Waals surface area contributed by atoms with Crippen LogP contribution in [0.1, 0.15) is 22.7 Å². The lowest BCUT2D eigenvalue weighted by molar-refractivity contribution is 0.757. The first-order valence-corrected chi connectivity index (χ1v) is 10.3. The molecule has 0 aliphatic rings. The van der Waals surface area contributed by atoms with Crippen molar-refractivity contribution in [1.82, 2.24) is 29.5 Å². The molecular formula is C23H17BrN6. The molecule has 0 amide bonds. The second-order valence-electron chi connectivity index (χ2n) is 6.89. The average molecular weight is 457 g/mol. The number of rotatable bonds is 5. The summed E-state index contributed by atoms with van der Waals surface area (Å²) < 4.78 is 2.83. The molecule has 7 heteroatoms. The van der Waals surface area contributed by atoms with Gasteiger partial charge in [-0.1, -0.05) is 18.2 Å². The van der Waals surface area contributed by atoms with Gasteiger partial charge in [-0.15, -0.1) is 0 Å². The van der Waals surface area contributed by atoms with Crippen LogP contribution in [0.4, 0.5) is 0 Å². The van der Waals surface area contributed by atoms with E-state index >= 15 is 0 Å². The monoisotopic (exact) mass is 456 g/mol. The minimum Gasteiger partial charge on any atom is -0.283 e. The molecule has 0 fully saturated rings. The smallest absolute Gasteiger partial charge is 0.141 e. The third kappa shape index (κ3) is 3.59. The summed E-state index contributed by atoms with van der Waals surface area (Å²) in [5.41, 5.74) is 5.00. The SMILES string of the molecule is Brc1cccc(C(Cc2cccnc2-n2cnc3cnccc32)c2cccnc2)n1. The highest BCUT2D eigenvalue weighted by molar-refractivity contribution is 9.10. The van der Waals surface area contributed by atoms with Crippen LogP contribution >= 0.6 is 15.9 Å². The van der Waals surface area contributed by atoms with Crippen LogP contribution in [0.2, 0.25) is 0 Å². The van der Waals surface area contributed by atoms with Gasteiger partial charge in [-0.2, -0.15) is 0 Å². The molecule has 5 rings (SSSR count). The number of aromatic nitrogens is 6. The highest BCUT2D eigenvalue weighted by atomic mass is 79.9. The molecule has 0 saturated carbocycles. The molecule has 0 aromatic carbocycles. The lowest BCUT2D eigenvalue weighted by atomic mass is 9.90. The van der Waals surface area contributed by atoms with Gasteiger partial charge in [0.25, 0.3) is 0 Å². The molecule has 0 N–H and O–H groups in total. The Labute approximate surface area is 181 Å². The van der Waals surface area contributed by atoms with Crippen molar-refractivity contribution in [2.45, 2.75) is 12.3 Å². The van der Waals surface area contributed by atoms with E-state index in [1.54, 1.807) is 24.9 Å². The predicted molar refractivity (Wildman–Crippen MR) is 118 cm³/mol. The van der Waals surface area contributed by atoms with E-state index in [1.807, 2.05) is 47.3 Å². The minimum atomic E-state index is 0.0376. The van der Waals surface area contributed by atoms with Gasteiger partial charge in [-0.3, -0.25) is 14.5 Å². The number of hydrogen-bond acceptors (Lipinski definition) is 5. The zero-order valence-electron chi connectivity index (χ0n) is 15.9. The van der Waals surface area contributed by atoms with Crippen LogP contribution in [0, 0.1) is 0 Å². The molecule has 30 heavy (non-hydrogen) atoms. The second kappa shape index (κ2) is 8.12. The van der Waals surface area contributed by atoms with Crippen molar-refractivity contribution in [3.05, 3.63) is 107 Å². The molecule has 1 atom stereocenters. The summed E-state index contributed by atoms with van der Waals surface area (Å²) in [6, 6.07) is 16.1. The van der Waals surface area contributed by atoms with Crippen LogP contribution in [0.5, 0.6) is 0 Å². The fourth-order valence-electron chi connectivity index (χ4n) is 3.65. The number of halogens is 1. The Morgan fingerprint density at radius 1 is 0.867 bits per heavy atom. The Morgan fingerprint density at radius 3 is 2.63 bits per heavy atom. The molecule has 0 aliphatic heterocycles. The molecule has 146 valence electrons. The molecule has 0 bridgehead atoms. The van der Waals surface area contributed by atoms with Gasteiger partial charge in [0.1, 0.15) is 22.3 Å². The van der Waals surface area contributed by atoms with Gasteiger partial charge in [0, 0.05) is 36.4 Å². The molecule has 1 unspecified atom stereocenters. The first-order valence-electron chi connectivity index (χ1n) is 9.53. The van der Waals surface area contributed by atoms with Crippen molar-refractivity contribution in [3.8, 4) is 5.82 Å². The molecule has 0 radical (unpaired) electrons. The second-order valence-corrected chi connectivity index (χ2v) is 7.71. The molecule has 5 aromatic rings. The van der Waals surface area contributed by atoms with Crippen LogP contribution in [0.3, 0.4) is 0 Å². The quantitative estimate of drug-likeness (QED) is 0.357. The molecular weight excluding hydrogens is 440 g/mol. The molecule has 0 spiro atoms. The molecule has 0 saturated heterocycles. The summed E-state index contributed by atoms with van der Waals surface area (Å²) in [5, 5.41) is 0. The van der Waals surface area contributed by atoms with Crippen molar-refractivity contribution < 1.29 is 0 Å². The maximum atomic E-state index is 4.73. The van der Waals surface area contributed by atoms with E-state index in [0.717, 1.165) is 44.7 Å². The van der Waals surface area contributed by atoms with Gasteiger partial charge in [0.15, 0.2) is 0 Å². The predicted octanol–water partition coefficient (Wildman–Crippen LogP) is 4.74. The summed E-state index contributed by atoms with van der Waals surface area (Å²) in [6.45, 7) is 0. The van der Waals surface area contributed by atoms with Crippen molar-refractivity contribution in [2.24, 2.45) is 0 Å². The van der Waals surface area contributed by atoms with Crippen molar-refractivity contribution in [2.75, 3.05) is 0 Å². The van der Waals surface area contributed by atoms with Gasteiger partial charge in [0.05, 0.1) is 11.7 Å². The Balaban J connectivity index is 1.61. The summed E-state index contributed by atoms with van der Waals surface area (Å²) in [7, 11) is 0. The Bertz CT molecular complexity index is 1300. The molecule has 0 aliphatic carbocycles. The topological polar surface area (TPSA) is 69.4 Å². The molecule has 5 heterocycles. The van der Waals surface area contributed by atoms with Crippen LogP contribution in [0.25, 0.3) is 16.9 Å². The highest BCUT2D eigenvalue weighted by Gasteiger charge is 2.20. The van der Waals surface area contributed by atoms with Crippen LogP contribution in [-0.4, -0.2) is 29.5 Å². The van der Waals surface area contributed by atoms with E-state index in [-0.39, 0.29) is 5.92 Å². The summed E-state index contributed by atoms with van der Waals surface area (Å²) in [5.74, 6) is 0.894. The van der Waals surface area contributed by atoms with Crippen LogP contribution in [-0.2, 0) is 6.42 Å². The van der Waals surface area contributed by atoms with E-state index < -0.39 is 0 Å². The minimum absolute atomic E-state index is 0.0376. The number of hydrogen-bond donors (Lipinski definition) is 0. The van der Waals surface area contributed by atoms with Crippen molar-refractivity contribution in [3.63, 3.8) is 0 Å². The fraction of sp³-hybridized carbons (Fsp3) is 0.0870. The molecule has 6 nitrogen and oxygen atoms in total. The van der Waals surface area contributed by atoms with Gasteiger partial charge >= 0.3 is 0 Å². The van der Waals surface area contributed by atoms with Gasteiger partial charge in [-0.25, -0.2) is 15.0 Å². The Hall–Kier alpha value is -3.45. The normalized spacial score (nSPS) is 12.2. The standard InChI is InChI=1S/C23H17BrN6/c24-22-7-1-6-19(29-22)18(17-5-2-9-25-13-17)12-16-4-3-10-27-23(16)30-15-28-20-14-26-11-8-21(20)30/h1-11,13-15,18H,12H2. The Kier molecular flexibility index (Phi) is 5.03. The number of fused-ring (bicyclic) bond motifs is 1. The Morgan fingerprint density at radius 2 is 1.77 bits per heavy atom. The van der Waals surface area contributed by atoms with Crippen LogP contribution in [0.15, 0.2) is 90.4 Å². The number of pyridine rings is 4. The van der Waals surface area contributed by atoms with Gasteiger partial charge in [-0.05, 0) is 63.8 Å². The summed E-state index contributed by atoms with van der Waals surface area (Å²) in [4.78, 5) is 22.4. The zero-order chi connectivity index (χ0) is 20.3. The summed E-state index contributed by atoms with van der Waals surface area (Å²) in [6.07, 6.45) is 11.6. The van der Waals surface area contributed by atoms with Gasteiger partial charge < -0.3 is 0 Å². The van der Waals surface area contributed by atoms with E-state index in [9.17, 15) is 0 Å². The maximum Gasteiger partial charge on any atom is 0.141 e. The third-order valence-electron chi connectivity index (χ3n) is 5.05. The average Bonchev–Trinajstić information content (AvgIpc) is 3.22. The maximum absolute atomic E-state index is 4.73. The first kappa shape index (κ1) is 18.6. The first-order chi connectivity index (χ1) is 14.8. The lowest BCUT2D eigenvalue weighted by Gasteiger charge is -2.19. The van der Waals surface area contributed by atoms with Crippen LogP contribution < -0.4 is 0 Å². The van der Waals surface area contributed by atoms with Crippen molar-refractivity contribution in [1.29, 1.82) is 0 Å². The fourth-order valence-corrected chi connectivity index (χ4v) is 4.01. The number of imidazole rings is 1. The number of nitrogens with zero attached hydrogens (tertiary/aromatic N) is 6. The van der Waals surface area contributed by atoms with E-state index in [0.29, 0.717) is 0 Å². The lowest BCUT2D eigenvalue weighted by Crippen LogP contribution is -2.11.